The highest BCUT2D eigenvalue weighted by molar-refractivity contribution is 5.78. The molecule has 0 aliphatic heterocycles. The first-order valence-corrected chi connectivity index (χ1v) is 6.12. The Kier molecular flexibility index (Phi) is 3.61. The highest BCUT2D eigenvalue weighted by atomic mass is 16.2. The van der Waals surface area contributed by atoms with Gasteiger partial charge in [0.1, 0.15) is 5.82 Å². The summed E-state index contributed by atoms with van der Waals surface area (Å²) < 4.78 is 0. The third-order valence-electron chi connectivity index (χ3n) is 3.35. The van der Waals surface area contributed by atoms with Crippen molar-refractivity contribution < 1.29 is 4.79 Å². The smallest absolute Gasteiger partial charge is 0.225 e. The van der Waals surface area contributed by atoms with E-state index in [-0.39, 0.29) is 11.8 Å². The van der Waals surface area contributed by atoms with Crippen LogP contribution in [0.15, 0.2) is 18.3 Å². The van der Waals surface area contributed by atoms with Gasteiger partial charge in [0, 0.05) is 25.7 Å². The van der Waals surface area contributed by atoms with Crippen molar-refractivity contribution in [2.24, 2.45) is 5.92 Å². The monoisotopic (exact) mass is 233 g/mol. The molecule has 1 aliphatic rings. The molecule has 1 aromatic heterocycles. The van der Waals surface area contributed by atoms with Gasteiger partial charge >= 0.3 is 0 Å². The van der Waals surface area contributed by atoms with Crippen molar-refractivity contribution in [3.63, 3.8) is 0 Å². The summed E-state index contributed by atoms with van der Waals surface area (Å²) in [5.74, 6) is 1.01. The van der Waals surface area contributed by atoms with E-state index in [4.69, 9.17) is 5.73 Å². The Morgan fingerprint density at radius 1 is 1.47 bits per heavy atom. The van der Waals surface area contributed by atoms with Crippen LogP contribution in [0.2, 0.25) is 0 Å². The molecular weight excluding hydrogens is 214 g/mol. The van der Waals surface area contributed by atoms with Crippen LogP contribution in [0.25, 0.3) is 0 Å². The largest absolute Gasteiger partial charge is 0.384 e. The molecule has 1 saturated carbocycles. The molecule has 0 atom stereocenters. The number of aromatic nitrogens is 1. The van der Waals surface area contributed by atoms with Gasteiger partial charge in [-0.3, -0.25) is 4.79 Å². The van der Waals surface area contributed by atoms with Crippen molar-refractivity contribution in [1.82, 2.24) is 9.88 Å². The Labute approximate surface area is 102 Å². The predicted molar refractivity (Wildman–Crippen MR) is 67.1 cm³/mol. The summed E-state index contributed by atoms with van der Waals surface area (Å²) in [5.41, 5.74) is 6.55. The maximum absolute atomic E-state index is 12.1. The number of nitrogens with two attached hydrogens (primary N) is 1. The lowest BCUT2D eigenvalue weighted by atomic mass is 10.1. The van der Waals surface area contributed by atoms with E-state index in [1.54, 1.807) is 17.2 Å². The lowest BCUT2D eigenvalue weighted by Crippen LogP contribution is -2.31. The summed E-state index contributed by atoms with van der Waals surface area (Å²) in [5, 5.41) is 0. The van der Waals surface area contributed by atoms with Gasteiger partial charge in [-0.1, -0.05) is 18.9 Å². The number of anilines is 1. The number of pyridine rings is 1. The molecule has 0 unspecified atom stereocenters. The standard InChI is InChI=1S/C13H19N3O/c1-16(13(17)11-4-2-3-5-11)9-10-6-7-12(14)15-8-10/h6-8,11H,2-5,9H2,1H3,(H2,14,15). The Balaban J connectivity index is 1.93. The van der Waals surface area contributed by atoms with Crippen molar-refractivity contribution in [3.8, 4) is 0 Å². The molecule has 1 heterocycles. The Morgan fingerprint density at radius 3 is 2.76 bits per heavy atom. The number of rotatable bonds is 3. The number of nitrogens with zero attached hydrogens (tertiary/aromatic N) is 2. The van der Waals surface area contributed by atoms with Crippen LogP contribution in [-0.2, 0) is 11.3 Å². The van der Waals surface area contributed by atoms with E-state index >= 15 is 0 Å². The van der Waals surface area contributed by atoms with E-state index in [1.807, 2.05) is 13.1 Å². The van der Waals surface area contributed by atoms with Gasteiger partial charge in [0.2, 0.25) is 5.91 Å². The molecule has 1 fully saturated rings. The number of hydrogen-bond acceptors (Lipinski definition) is 3. The molecule has 2 rings (SSSR count). The summed E-state index contributed by atoms with van der Waals surface area (Å²) in [4.78, 5) is 17.9. The Bertz CT molecular complexity index is 382. The molecule has 1 amide bonds. The molecule has 0 bridgehead atoms. The average Bonchev–Trinajstić information content (AvgIpc) is 2.84. The van der Waals surface area contributed by atoms with Crippen LogP contribution in [0.4, 0.5) is 5.82 Å². The highest BCUT2D eigenvalue weighted by Gasteiger charge is 2.25. The number of nitrogen functional groups attached to an aromatic ring is 1. The normalized spacial score (nSPS) is 16.1. The molecule has 0 saturated heterocycles. The number of hydrogen-bond donors (Lipinski definition) is 1. The molecule has 17 heavy (non-hydrogen) atoms. The first-order chi connectivity index (χ1) is 8.16. The summed E-state index contributed by atoms with van der Waals surface area (Å²) in [7, 11) is 1.86. The molecule has 1 aliphatic carbocycles. The minimum Gasteiger partial charge on any atom is -0.384 e. The molecular formula is C13H19N3O. The number of carbonyl (C=O) groups is 1. The van der Waals surface area contributed by atoms with Gasteiger partial charge in [0.05, 0.1) is 0 Å². The van der Waals surface area contributed by atoms with Crippen molar-refractivity contribution >= 4 is 11.7 Å². The van der Waals surface area contributed by atoms with Crippen molar-refractivity contribution in [3.05, 3.63) is 23.9 Å². The fourth-order valence-corrected chi connectivity index (χ4v) is 2.37. The first-order valence-electron chi connectivity index (χ1n) is 6.12. The van der Waals surface area contributed by atoms with Crippen LogP contribution >= 0.6 is 0 Å². The average molecular weight is 233 g/mol. The quantitative estimate of drug-likeness (QED) is 0.866. The number of carbonyl (C=O) groups excluding carboxylic acids is 1. The molecule has 0 radical (unpaired) electrons. The van der Waals surface area contributed by atoms with Gasteiger partial charge < -0.3 is 10.6 Å². The third kappa shape index (κ3) is 2.96. The number of amides is 1. The van der Waals surface area contributed by atoms with Gasteiger partial charge in [0.25, 0.3) is 0 Å². The lowest BCUT2D eigenvalue weighted by molar-refractivity contribution is -0.134. The fraction of sp³-hybridized carbons (Fsp3) is 0.538. The lowest BCUT2D eigenvalue weighted by Gasteiger charge is -2.20. The van der Waals surface area contributed by atoms with Gasteiger partial charge in [-0.25, -0.2) is 4.98 Å². The Morgan fingerprint density at radius 2 is 2.18 bits per heavy atom. The zero-order valence-electron chi connectivity index (χ0n) is 10.2. The minimum atomic E-state index is 0.238. The summed E-state index contributed by atoms with van der Waals surface area (Å²) >= 11 is 0. The molecule has 0 aromatic carbocycles. The van der Waals surface area contributed by atoms with Crippen molar-refractivity contribution in [2.45, 2.75) is 32.2 Å². The molecule has 92 valence electrons. The second kappa shape index (κ2) is 5.17. The maximum atomic E-state index is 12.1. The van der Waals surface area contributed by atoms with Gasteiger partial charge in [-0.15, -0.1) is 0 Å². The second-order valence-corrected chi connectivity index (χ2v) is 4.77. The van der Waals surface area contributed by atoms with Crippen molar-refractivity contribution in [1.29, 1.82) is 0 Å². The molecule has 0 spiro atoms. The van der Waals surface area contributed by atoms with Gasteiger partial charge in [-0.05, 0) is 24.5 Å². The van der Waals surface area contributed by atoms with Crippen LogP contribution in [-0.4, -0.2) is 22.8 Å². The van der Waals surface area contributed by atoms with Crippen LogP contribution in [0.1, 0.15) is 31.2 Å². The molecule has 1 aromatic rings. The molecule has 4 nitrogen and oxygen atoms in total. The predicted octanol–water partition coefficient (Wildman–Crippen LogP) is 1.81. The molecule has 4 heteroatoms. The van der Waals surface area contributed by atoms with Gasteiger partial charge in [0.15, 0.2) is 0 Å². The SMILES string of the molecule is CN(Cc1ccc(N)nc1)C(=O)C1CCCC1. The zero-order valence-corrected chi connectivity index (χ0v) is 10.2. The zero-order chi connectivity index (χ0) is 12.3. The maximum Gasteiger partial charge on any atom is 0.225 e. The topological polar surface area (TPSA) is 59.2 Å². The van der Waals surface area contributed by atoms with E-state index in [9.17, 15) is 4.79 Å². The molecule has 2 N–H and O–H groups in total. The fourth-order valence-electron chi connectivity index (χ4n) is 2.37. The van der Waals surface area contributed by atoms with E-state index in [2.05, 4.69) is 4.98 Å². The van der Waals surface area contributed by atoms with Crippen LogP contribution < -0.4 is 5.73 Å². The summed E-state index contributed by atoms with van der Waals surface area (Å²) in [6, 6.07) is 3.68. The summed E-state index contributed by atoms with van der Waals surface area (Å²) in [6.45, 7) is 0.614. The highest BCUT2D eigenvalue weighted by Crippen LogP contribution is 2.26. The van der Waals surface area contributed by atoms with Crippen LogP contribution in [0, 0.1) is 5.92 Å². The van der Waals surface area contributed by atoms with E-state index in [1.165, 1.54) is 12.8 Å². The van der Waals surface area contributed by atoms with E-state index in [0.29, 0.717) is 12.4 Å². The van der Waals surface area contributed by atoms with Crippen LogP contribution in [0.3, 0.4) is 0 Å². The second-order valence-electron chi connectivity index (χ2n) is 4.77. The summed E-state index contributed by atoms with van der Waals surface area (Å²) in [6.07, 6.45) is 6.20. The van der Waals surface area contributed by atoms with E-state index in [0.717, 1.165) is 18.4 Å². The third-order valence-corrected chi connectivity index (χ3v) is 3.35. The first kappa shape index (κ1) is 11.9. The van der Waals surface area contributed by atoms with E-state index < -0.39 is 0 Å². The van der Waals surface area contributed by atoms with Gasteiger partial charge in [-0.2, -0.15) is 0 Å². The van der Waals surface area contributed by atoms with Crippen molar-refractivity contribution in [2.75, 3.05) is 12.8 Å². The minimum absolute atomic E-state index is 0.238. The Hall–Kier alpha value is -1.58. The van der Waals surface area contributed by atoms with Crippen LogP contribution in [0.5, 0.6) is 0 Å².